The molecule has 1 saturated heterocycles. The zero-order valence-corrected chi connectivity index (χ0v) is 15.3. The smallest absolute Gasteiger partial charge is 0.252 e. The first-order valence-corrected chi connectivity index (χ1v) is 9.96. The van der Waals surface area contributed by atoms with Gasteiger partial charge in [0.25, 0.3) is 10.0 Å². The number of nitrogens with zero attached hydrogens (tertiary/aromatic N) is 2. The second kappa shape index (κ2) is 9.03. The molecule has 2 heterocycles. The second-order valence-electron chi connectivity index (χ2n) is 4.99. The van der Waals surface area contributed by atoms with Gasteiger partial charge in [0.2, 0.25) is 0 Å². The predicted octanol–water partition coefficient (Wildman–Crippen LogP) is 0.457. The number of hydrogen-bond donors (Lipinski definition) is 2. The van der Waals surface area contributed by atoms with E-state index in [4.69, 9.17) is 11.2 Å². The molecule has 1 aromatic rings. The molecule has 7 nitrogen and oxygen atoms in total. The van der Waals surface area contributed by atoms with Crippen LogP contribution in [-0.2, 0) is 21.3 Å². The monoisotopic (exact) mass is 370 g/mol. The first-order valence-electron chi connectivity index (χ1n) is 7.70. The Bertz CT molecular complexity index is 701. The summed E-state index contributed by atoms with van der Waals surface area (Å²) >= 11 is 1.24. The molecule has 0 bridgehead atoms. The predicted molar refractivity (Wildman–Crippen MR) is 95.5 cm³/mol. The molecule has 1 fully saturated rings. The highest BCUT2D eigenvalue weighted by atomic mass is 32.2. The Morgan fingerprint density at radius 1 is 1.42 bits per heavy atom. The molecule has 0 unspecified atom stereocenters. The summed E-state index contributed by atoms with van der Waals surface area (Å²) in [6.07, 6.45) is 5.23. The maximum absolute atomic E-state index is 12.6. The second-order valence-corrected chi connectivity index (χ2v) is 8.32. The van der Waals surface area contributed by atoms with E-state index >= 15 is 0 Å². The molecule has 0 saturated carbocycles. The Morgan fingerprint density at radius 2 is 2.17 bits per heavy atom. The first kappa shape index (κ1) is 18.7. The van der Waals surface area contributed by atoms with E-state index in [2.05, 4.69) is 21.5 Å². The molecule has 24 heavy (non-hydrogen) atoms. The van der Waals surface area contributed by atoms with Crippen LogP contribution in [0.15, 0.2) is 21.3 Å². The summed E-state index contributed by atoms with van der Waals surface area (Å²) in [5, 5.41) is 6.08. The third kappa shape index (κ3) is 4.95. The lowest BCUT2D eigenvalue weighted by Gasteiger charge is -2.25. The molecular weight excluding hydrogens is 348 g/mol. The average molecular weight is 371 g/mol. The van der Waals surface area contributed by atoms with Gasteiger partial charge in [-0.25, -0.2) is 13.4 Å². The zero-order chi connectivity index (χ0) is 17.4. The van der Waals surface area contributed by atoms with Gasteiger partial charge >= 0.3 is 0 Å². The van der Waals surface area contributed by atoms with Crippen LogP contribution in [0.4, 0.5) is 0 Å². The van der Waals surface area contributed by atoms with Crippen LogP contribution in [0.5, 0.6) is 0 Å². The summed E-state index contributed by atoms with van der Waals surface area (Å²) in [7, 11) is -3.44. The summed E-state index contributed by atoms with van der Waals surface area (Å²) < 4.78 is 32.2. The van der Waals surface area contributed by atoms with Crippen LogP contribution in [0.1, 0.15) is 11.8 Å². The van der Waals surface area contributed by atoms with Gasteiger partial charge in [0, 0.05) is 24.5 Å². The van der Waals surface area contributed by atoms with Crippen molar-refractivity contribution in [3.8, 4) is 12.3 Å². The van der Waals surface area contributed by atoms with Gasteiger partial charge in [-0.3, -0.25) is 0 Å². The number of ether oxygens (including phenoxy) is 1. The Labute approximate surface area is 147 Å². The van der Waals surface area contributed by atoms with E-state index in [1.54, 1.807) is 12.1 Å². The third-order valence-corrected chi connectivity index (χ3v) is 6.73. The Hall–Kier alpha value is -1.60. The molecule has 2 N–H and O–H groups in total. The van der Waals surface area contributed by atoms with Gasteiger partial charge in [0.15, 0.2) is 5.96 Å². The molecule has 1 aromatic heterocycles. The minimum atomic E-state index is -3.44. The number of hydrogen-bond acceptors (Lipinski definition) is 5. The Kier molecular flexibility index (Phi) is 7.05. The standard InChI is InChI=1S/C15H22N4O3S2/c1-3-7-17-15(16-4-2)18-12-13-5-6-14(23-13)24(20,21)19-8-10-22-11-9-19/h1,5-6H,4,7-12H2,2H3,(H2,16,17,18). The summed E-state index contributed by atoms with van der Waals surface area (Å²) in [5.74, 6) is 3.10. The van der Waals surface area contributed by atoms with Crippen molar-refractivity contribution in [1.82, 2.24) is 14.9 Å². The molecule has 0 aliphatic carbocycles. The Balaban J connectivity index is 2.05. The number of morpholine rings is 1. The molecule has 9 heteroatoms. The third-order valence-electron chi connectivity index (χ3n) is 3.30. The van der Waals surface area contributed by atoms with Gasteiger partial charge in [-0.1, -0.05) is 5.92 Å². The molecule has 0 radical (unpaired) electrons. The minimum absolute atomic E-state index is 0.344. The SMILES string of the molecule is C#CCNC(=NCc1ccc(S(=O)(=O)N2CCOCC2)s1)NCC. The van der Waals surface area contributed by atoms with Crippen molar-refractivity contribution in [2.45, 2.75) is 17.7 Å². The lowest BCUT2D eigenvalue weighted by Crippen LogP contribution is -2.40. The van der Waals surface area contributed by atoms with Crippen LogP contribution in [0.25, 0.3) is 0 Å². The van der Waals surface area contributed by atoms with E-state index in [-0.39, 0.29) is 0 Å². The van der Waals surface area contributed by atoms with E-state index in [0.29, 0.717) is 49.6 Å². The highest BCUT2D eigenvalue weighted by Crippen LogP contribution is 2.26. The number of rotatable bonds is 6. The molecule has 0 amide bonds. The molecule has 0 atom stereocenters. The van der Waals surface area contributed by atoms with Crippen LogP contribution in [0.2, 0.25) is 0 Å². The summed E-state index contributed by atoms with van der Waals surface area (Å²) in [6.45, 7) is 5.13. The highest BCUT2D eigenvalue weighted by Gasteiger charge is 2.27. The van der Waals surface area contributed by atoms with Crippen LogP contribution in [-0.4, -0.2) is 58.1 Å². The fraction of sp³-hybridized carbons (Fsp3) is 0.533. The van der Waals surface area contributed by atoms with Crippen LogP contribution >= 0.6 is 11.3 Å². The fourth-order valence-corrected chi connectivity index (χ4v) is 4.97. The van der Waals surface area contributed by atoms with Crippen molar-refractivity contribution in [2.24, 2.45) is 4.99 Å². The van der Waals surface area contributed by atoms with E-state index in [1.807, 2.05) is 6.92 Å². The minimum Gasteiger partial charge on any atom is -0.379 e. The van der Waals surface area contributed by atoms with Crippen molar-refractivity contribution in [2.75, 3.05) is 39.4 Å². The molecule has 1 aliphatic rings. The van der Waals surface area contributed by atoms with Crippen molar-refractivity contribution in [1.29, 1.82) is 0 Å². The maximum Gasteiger partial charge on any atom is 0.252 e. The van der Waals surface area contributed by atoms with E-state index < -0.39 is 10.0 Å². The number of terminal acetylenes is 1. The summed E-state index contributed by atoms with van der Waals surface area (Å²) in [5.41, 5.74) is 0. The first-order chi connectivity index (χ1) is 11.6. The lowest BCUT2D eigenvalue weighted by molar-refractivity contribution is 0.0731. The van der Waals surface area contributed by atoms with E-state index in [9.17, 15) is 8.42 Å². The number of nitrogens with one attached hydrogen (secondary N) is 2. The normalized spacial score (nSPS) is 16.6. The molecule has 0 aromatic carbocycles. The van der Waals surface area contributed by atoms with Crippen molar-refractivity contribution >= 4 is 27.3 Å². The van der Waals surface area contributed by atoms with Gasteiger partial charge in [0.1, 0.15) is 4.21 Å². The maximum atomic E-state index is 12.6. The largest absolute Gasteiger partial charge is 0.379 e. The van der Waals surface area contributed by atoms with Crippen LogP contribution in [0.3, 0.4) is 0 Å². The van der Waals surface area contributed by atoms with Crippen LogP contribution in [0, 0.1) is 12.3 Å². The van der Waals surface area contributed by atoms with Gasteiger partial charge in [-0.2, -0.15) is 4.31 Å². The molecule has 1 aliphatic heterocycles. The topological polar surface area (TPSA) is 83.0 Å². The summed E-state index contributed by atoms with van der Waals surface area (Å²) in [6, 6.07) is 3.44. The highest BCUT2D eigenvalue weighted by molar-refractivity contribution is 7.91. The number of sulfonamides is 1. The van der Waals surface area contributed by atoms with Crippen LogP contribution < -0.4 is 10.6 Å². The molecule has 0 spiro atoms. The number of aliphatic imine (C=N–C) groups is 1. The average Bonchev–Trinajstić information content (AvgIpc) is 3.08. The lowest BCUT2D eigenvalue weighted by atomic mass is 10.5. The number of guanidine groups is 1. The van der Waals surface area contributed by atoms with Gasteiger partial charge < -0.3 is 15.4 Å². The van der Waals surface area contributed by atoms with Gasteiger partial charge in [-0.15, -0.1) is 17.8 Å². The van der Waals surface area contributed by atoms with E-state index in [0.717, 1.165) is 11.4 Å². The van der Waals surface area contributed by atoms with Crippen molar-refractivity contribution in [3.63, 3.8) is 0 Å². The number of thiophene rings is 1. The molecule has 2 rings (SSSR count). The zero-order valence-electron chi connectivity index (χ0n) is 13.6. The molecule has 132 valence electrons. The molecular formula is C15H22N4O3S2. The fourth-order valence-electron chi connectivity index (χ4n) is 2.13. The Morgan fingerprint density at radius 3 is 2.83 bits per heavy atom. The van der Waals surface area contributed by atoms with Gasteiger partial charge in [-0.05, 0) is 19.1 Å². The van der Waals surface area contributed by atoms with E-state index in [1.165, 1.54) is 15.6 Å². The van der Waals surface area contributed by atoms with Crippen molar-refractivity contribution in [3.05, 3.63) is 17.0 Å². The van der Waals surface area contributed by atoms with Crippen molar-refractivity contribution < 1.29 is 13.2 Å². The van der Waals surface area contributed by atoms with Gasteiger partial charge in [0.05, 0.1) is 26.3 Å². The quantitative estimate of drug-likeness (QED) is 0.432. The summed E-state index contributed by atoms with van der Waals surface area (Å²) in [4.78, 5) is 5.28.